The summed E-state index contributed by atoms with van der Waals surface area (Å²) in [6, 6.07) is 12.8. The van der Waals surface area contributed by atoms with Gasteiger partial charge in [0.25, 0.3) is 0 Å². The molecule has 1 aliphatic rings. The van der Waals surface area contributed by atoms with Crippen LogP contribution in [0.25, 0.3) is 22.2 Å². The number of piperidine rings is 1. The summed E-state index contributed by atoms with van der Waals surface area (Å²) in [7, 11) is 1.57. The van der Waals surface area contributed by atoms with Crippen LogP contribution in [0.1, 0.15) is 31.0 Å². The van der Waals surface area contributed by atoms with Crippen LogP contribution in [0.2, 0.25) is 0 Å². The van der Waals surface area contributed by atoms with Crippen molar-refractivity contribution in [1.29, 1.82) is 0 Å². The topological polar surface area (TPSA) is 107 Å². The highest BCUT2D eigenvalue weighted by Gasteiger charge is 2.32. The highest BCUT2D eigenvalue weighted by molar-refractivity contribution is 5.95. The molecule has 2 aromatic heterocycles. The fourth-order valence-corrected chi connectivity index (χ4v) is 4.99. The molecule has 43 heavy (non-hydrogen) atoms. The minimum atomic E-state index is -4.53. The van der Waals surface area contributed by atoms with Gasteiger partial charge in [0.05, 0.1) is 31.3 Å². The Morgan fingerprint density at radius 2 is 1.74 bits per heavy atom. The van der Waals surface area contributed by atoms with E-state index in [9.17, 15) is 22.8 Å². The number of nitrogens with zero attached hydrogens (tertiary/aromatic N) is 4. The van der Waals surface area contributed by atoms with E-state index in [1.807, 2.05) is 17.0 Å². The van der Waals surface area contributed by atoms with Crippen LogP contribution < -0.4 is 14.8 Å². The Hall–Kier alpha value is -4.74. The standard InChI is InChI=1S/C31H30F3N5O4/c1-19(40)39-11-9-20(10-12-39)17-43-27-15-25-24(14-26(27)42-2)30(37-18-36-25)22-4-6-23(7-5-22)38-29(41)13-21-3-8-28(35-16-21)31(32,33)34/h3-8,14-16,18,20H,9-13,17H2,1-2H3,(H,38,41). The van der Waals surface area contributed by atoms with Crippen LogP contribution >= 0.6 is 0 Å². The Labute approximate surface area is 246 Å². The summed E-state index contributed by atoms with van der Waals surface area (Å²) in [5.41, 5.74) is 2.01. The SMILES string of the molecule is COc1cc2c(-c3ccc(NC(=O)Cc4ccc(C(F)(F)F)nc4)cc3)ncnc2cc1OCC1CCN(C(C)=O)CC1. The Morgan fingerprint density at radius 3 is 2.37 bits per heavy atom. The van der Waals surface area contributed by atoms with Gasteiger partial charge in [-0.1, -0.05) is 18.2 Å². The Bertz CT molecular complexity index is 1600. The predicted molar refractivity (Wildman–Crippen MR) is 154 cm³/mol. The van der Waals surface area contributed by atoms with Gasteiger partial charge >= 0.3 is 6.18 Å². The number of fused-ring (bicyclic) bond motifs is 1. The average Bonchev–Trinajstić information content (AvgIpc) is 2.99. The maximum Gasteiger partial charge on any atom is 0.433 e. The van der Waals surface area contributed by atoms with Crippen molar-refractivity contribution in [3.8, 4) is 22.8 Å². The highest BCUT2D eigenvalue weighted by atomic mass is 19.4. The second kappa shape index (κ2) is 12.6. The monoisotopic (exact) mass is 593 g/mol. The number of hydrogen-bond donors (Lipinski definition) is 1. The van der Waals surface area contributed by atoms with Crippen molar-refractivity contribution in [3.63, 3.8) is 0 Å². The van der Waals surface area contributed by atoms with Gasteiger partial charge in [0.2, 0.25) is 11.8 Å². The number of amides is 2. The third kappa shape index (κ3) is 7.19. The number of benzene rings is 2. The minimum Gasteiger partial charge on any atom is -0.493 e. The summed E-state index contributed by atoms with van der Waals surface area (Å²) < 4.78 is 49.9. The summed E-state index contributed by atoms with van der Waals surface area (Å²) >= 11 is 0. The second-order valence-electron chi connectivity index (χ2n) is 10.4. The smallest absolute Gasteiger partial charge is 0.433 e. The van der Waals surface area contributed by atoms with Gasteiger partial charge in [0.1, 0.15) is 12.0 Å². The van der Waals surface area contributed by atoms with Crippen molar-refractivity contribution in [1.82, 2.24) is 19.9 Å². The number of carbonyl (C=O) groups is 2. The maximum atomic E-state index is 12.7. The van der Waals surface area contributed by atoms with Gasteiger partial charge in [-0.2, -0.15) is 13.2 Å². The molecule has 2 aromatic carbocycles. The van der Waals surface area contributed by atoms with Crippen LogP contribution in [0.3, 0.4) is 0 Å². The van der Waals surface area contributed by atoms with E-state index in [0.717, 1.165) is 49.1 Å². The fourth-order valence-electron chi connectivity index (χ4n) is 4.99. The molecule has 0 atom stereocenters. The first-order valence-corrected chi connectivity index (χ1v) is 13.7. The Balaban J connectivity index is 1.25. The number of nitrogens with one attached hydrogen (secondary N) is 1. The third-order valence-corrected chi connectivity index (χ3v) is 7.38. The number of methoxy groups -OCH3 is 1. The Kier molecular flexibility index (Phi) is 8.74. The van der Waals surface area contributed by atoms with E-state index in [-0.39, 0.29) is 18.2 Å². The van der Waals surface area contributed by atoms with E-state index in [1.54, 1.807) is 38.3 Å². The molecule has 1 aliphatic heterocycles. The summed E-state index contributed by atoms with van der Waals surface area (Å²) in [4.78, 5) is 38.2. The third-order valence-electron chi connectivity index (χ3n) is 7.38. The van der Waals surface area contributed by atoms with Gasteiger partial charge < -0.3 is 19.7 Å². The second-order valence-corrected chi connectivity index (χ2v) is 10.4. The highest BCUT2D eigenvalue weighted by Crippen LogP contribution is 2.36. The van der Waals surface area contributed by atoms with Crippen molar-refractivity contribution >= 4 is 28.4 Å². The lowest BCUT2D eigenvalue weighted by atomic mass is 9.98. The number of pyridine rings is 1. The molecule has 224 valence electrons. The van der Waals surface area contributed by atoms with Crippen LogP contribution in [-0.4, -0.2) is 58.5 Å². The van der Waals surface area contributed by atoms with Gasteiger partial charge in [-0.15, -0.1) is 0 Å². The summed E-state index contributed by atoms with van der Waals surface area (Å²) in [5.74, 6) is 1.17. The number of aromatic nitrogens is 3. The number of carbonyl (C=O) groups excluding carboxylic acids is 2. The average molecular weight is 594 g/mol. The lowest BCUT2D eigenvalue weighted by Crippen LogP contribution is -2.38. The number of hydrogen-bond acceptors (Lipinski definition) is 7. The Morgan fingerprint density at radius 1 is 1.00 bits per heavy atom. The van der Waals surface area contributed by atoms with Gasteiger partial charge in [-0.05, 0) is 48.6 Å². The van der Waals surface area contributed by atoms with Crippen LogP contribution in [0.15, 0.2) is 61.1 Å². The lowest BCUT2D eigenvalue weighted by Gasteiger charge is -2.31. The largest absolute Gasteiger partial charge is 0.493 e. The molecule has 0 bridgehead atoms. The molecule has 4 aromatic rings. The van der Waals surface area contributed by atoms with Gasteiger partial charge in [0, 0.05) is 48.9 Å². The van der Waals surface area contributed by atoms with Gasteiger partial charge in [-0.25, -0.2) is 9.97 Å². The van der Waals surface area contributed by atoms with Gasteiger partial charge in [-0.3, -0.25) is 14.6 Å². The molecular formula is C31H30F3N5O4. The summed E-state index contributed by atoms with van der Waals surface area (Å²) in [6.07, 6.45) is -0.371. The number of anilines is 1. The molecule has 0 radical (unpaired) electrons. The zero-order valence-corrected chi connectivity index (χ0v) is 23.6. The number of rotatable bonds is 8. The van der Waals surface area contributed by atoms with E-state index >= 15 is 0 Å². The first-order chi connectivity index (χ1) is 20.6. The van der Waals surface area contributed by atoms with E-state index in [4.69, 9.17) is 9.47 Å². The van der Waals surface area contributed by atoms with Crippen molar-refractivity contribution in [2.45, 2.75) is 32.4 Å². The molecule has 0 aliphatic carbocycles. The first-order valence-electron chi connectivity index (χ1n) is 13.7. The zero-order valence-electron chi connectivity index (χ0n) is 23.6. The molecular weight excluding hydrogens is 563 g/mol. The molecule has 0 saturated carbocycles. The molecule has 1 fully saturated rings. The zero-order chi connectivity index (χ0) is 30.6. The number of ether oxygens (including phenoxy) is 2. The molecule has 5 rings (SSSR count). The normalized spacial score (nSPS) is 14.0. The van der Waals surface area contributed by atoms with E-state index in [0.29, 0.717) is 46.5 Å². The molecule has 0 spiro atoms. The quantitative estimate of drug-likeness (QED) is 0.286. The van der Waals surface area contributed by atoms with Crippen LogP contribution in [0.4, 0.5) is 18.9 Å². The molecule has 1 saturated heterocycles. The molecule has 3 heterocycles. The van der Waals surface area contributed by atoms with Crippen molar-refractivity contribution in [2.24, 2.45) is 5.92 Å². The van der Waals surface area contributed by atoms with E-state index < -0.39 is 11.9 Å². The molecule has 1 N–H and O–H groups in total. The minimum absolute atomic E-state index is 0.0971. The number of likely N-dealkylation sites (tertiary alicyclic amines) is 1. The first kappa shape index (κ1) is 29.7. The fraction of sp³-hybridized carbons (Fsp3) is 0.323. The maximum absolute atomic E-state index is 12.7. The lowest BCUT2D eigenvalue weighted by molar-refractivity contribution is -0.141. The molecule has 2 amide bonds. The molecule has 0 unspecified atom stereocenters. The summed E-state index contributed by atoms with van der Waals surface area (Å²) in [5, 5.41) is 3.51. The van der Waals surface area contributed by atoms with Crippen LogP contribution in [-0.2, 0) is 22.2 Å². The van der Waals surface area contributed by atoms with E-state index in [2.05, 4.69) is 20.3 Å². The van der Waals surface area contributed by atoms with Crippen molar-refractivity contribution < 1.29 is 32.2 Å². The predicted octanol–water partition coefficient (Wildman–Crippen LogP) is 5.54. The molecule has 9 nitrogen and oxygen atoms in total. The van der Waals surface area contributed by atoms with Crippen LogP contribution in [0, 0.1) is 5.92 Å². The van der Waals surface area contributed by atoms with Crippen molar-refractivity contribution in [2.75, 3.05) is 32.1 Å². The van der Waals surface area contributed by atoms with E-state index in [1.165, 1.54) is 12.4 Å². The summed E-state index contributed by atoms with van der Waals surface area (Å²) in [6.45, 7) is 3.56. The molecule has 12 heteroatoms. The van der Waals surface area contributed by atoms with Crippen LogP contribution in [0.5, 0.6) is 11.5 Å². The van der Waals surface area contributed by atoms with Gasteiger partial charge in [0.15, 0.2) is 11.5 Å². The van der Waals surface area contributed by atoms with Crippen molar-refractivity contribution in [3.05, 3.63) is 72.3 Å². The number of alkyl halides is 3. The number of halogens is 3.